The van der Waals surface area contributed by atoms with Crippen molar-refractivity contribution in [3.05, 3.63) is 0 Å². The number of carbonyl (C=O) groups is 2. The Labute approximate surface area is 103 Å². The van der Waals surface area contributed by atoms with Gasteiger partial charge in [-0.05, 0) is 30.6 Å². The van der Waals surface area contributed by atoms with Crippen LogP contribution in [0.25, 0.3) is 0 Å². The van der Waals surface area contributed by atoms with Gasteiger partial charge in [-0.2, -0.15) is 0 Å². The van der Waals surface area contributed by atoms with E-state index >= 15 is 0 Å². The van der Waals surface area contributed by atoms with Gasteiger partial charge in [0, 0.05) is 23.2 Å². The molecule has 0 N–H and O–H groups in total. The SMILES string of the molecule is CC(C)[C@@H]1C[C@H]2[C@@]3(C)C[C@@H]1C(=O)[C@]2(C)CC3=O. The monoisotopic (exact) mass is 234 g/mol. The van der Waals surface area contributed by atoms with Crippen LogP contribution in [0.2, 0.25) is 0 Å². The number of ketones is 2. The van der Waals surface area contributed by atoms with E-state index in [-0.39, 0.29) is 16.7 Å². The van der Waals surface area contributed by atoms with Gasteiger partial charge in [0.25, 0.3) is 0 Å². The summed E-state index contributed by atoms with van der Waals surface area (Å²) in [5, 5.41) is 0. The van der Waals surface area contributed by atoms with Crippen LogP contribution in [-0.4, -0.2) is 11.6 Å². The van der Waals surface area contributed by atoms with Crippen molar-refractivity contribution < 1.29 is 9.59 Å². The minimum Gasteiger partial charge on any atom is -0.299 e. The fourth-order valence-corrected chi connectivity index (χ4v) is 5.08. The zero-order valence-corrected chi connectivity index (χ0v) is 11.2. The molecule has 94 valence electrons. The first kappa shape index (κ1) is 11.4. The van der Waals surface area contributed by atoms with Gasteiger partial charge in [0.15, 0.2) is 0 Å². The van der Waals surface area contributed by atoms with E-state index < -0.39 is 0 Å². The summed E-state index contributed by atoms with van der Waals surface area (Å²) in [5.74, 6) is 2.29. The van der Waals surface area contributed by atoms with E-state index in [1.807, 2.05) is 6.92 Å². The first-order chi connectivity index (χ1) is 7.80. The molecule has 0 radical (unpaired) electrons. The van der Waals surface area contributed by atoms with Crippen LogP contribution < -0.4 is 0 Å². The Kier molecular flexibility index (Phi) is 2.03. The number of fused-ring (bicyclic) bond motifs is 1. The molecular weight excluding hydrogens is 212 g/mol. The molecule has 0 spiro atoms. The Morgan fingerprint density at radius 2 is 1.82 bits per heavy atom. The van der Waals surface area contributed by atoms with Gasteiger partial charge in [0.2, 0.25) is 0 Å². The molecule has 0 unspecified atom stereocenters. The summed E-state index contributed by atoms with van der Waals surface area (Å²) < 4.78 is 0. The summed E-state index contributed by atoms with van der Waals surface area (Å²) in [6, 6.07) is 0. The van der Waals surface area contributed by atoms with Crippen molar-refractivity contribution in [2.24, 2.45) is 34.5 Å². The number of hydrogen-bond donors (Lipinski definition) is 0. The van der Waals surface area contributed by atoms with E-state index in [9.17, 15) is 9.59 Å². The molecule has 0 amide bonds. The van der Waals surface area contributed by atoms with Crippen LogP contribution >= 0.6 is 0 Å². The second kappa shape index (κ2) is 3.02. The normalized spacial score (nSPS) is 52.6. The summed E-state index contributed by atoms with van der Waals surface area (Å²) in [6.45, 7) is 8.59. The third-order valence-electron chi connectivity index (χ3n) is 6.13. The van der Waals surface area contributed by atoms with Gasteiger partial charge < -0.3 is 0 Å². The van der Waals surface area contributed by atoms with Gasteiger partial charge in [0.05, 0.1) is 0 Å². The predicted octanol–water partition coefficient (Wildman–Crippen LogP) is 2.85. The van der Waals surface area contributed by atoms with Crippen LogP contribution in [0.1, 0.15) is 47.0 Å². The molecule has 5 atom stereocenters. The molecule has 4 fully saturated rings. The average Bonchev–Trinajstić information content (AvgIpc) is 2.40. The van der Waals surface area contributed by atoms with E-state index in [1.54, 1.807) is 0 Å². The summed E-state index contributed by atoms with van der Waals surface area (Å²) in [6.07, 6.45) is 2.43. The lowest BCUT2D eigenvalue weighted by Gasteiger charge is -2.55. The standard InChI is InChI=1S/C15H22O2/c1-8(2)9-5-11-14(3)6-10(9)13(17)15(11,4)7-12(14)16/h8-11H,5-7H2,1-4H3/t9-,10-,11-,14+,15+/m0/s1. The molecule has 0 heterocycles. The topological polar surface area (TPSA) is 34.1 Å². The Bertz CT molecular complexity index is 411. The molecule has 17 heavy (non-hydrogen) atoms. The van der Waals surface area contributed by atoms with Crippen LogP contribution in [0, 0.1) is 34.5 Å². The fraction of sp³-hybridized carbons (Fsp3) is 0.867. The Balaban J connectivity index is 2.08. The Hall–Kier alpha value is -0.660. The van der Waals surface area contributed by atoms with Crippen molar-refractivity contribution >= 4 is 11.6 Å². The van der Waals surface area contributed by atoms with Crippen molar-refractivity contribution in [3.63, 3.8) is 0 Å². The summed E-state index contributed by atoms with van der Waals surface area (Å²) in [7, 11) is 0. The van der Waals surface area contributed by atoms with Crippen LogP contribution in [0.15, 0.2) is 0 Å². The maximum absolute atomic E-state index is 12.6. The number of rotatable bonds is 1. The minimum atomic E-state index is -0.319. The lowest BCUT2D eigenvalue weighted by Crippen LogP contribution is -2.56. The van der Waals surface area contributed by atoms with Crippen molar-refractivity contribution in [2.45, 2.75) is 47.0 Å². The number of hydrogen-bond acceptors (Lipinski definition) is 2. The Morgan fingerprint density at radius 1 is 1.18 bits per heavy atom. The van der Waals surface area contributed by atoms with E-state index in [4.69, 9.17) is 0 Å². The molecule has 0 aliphatic heterocycles. The zero-order chi connectivity index (χ0) is 12.6. The molecule has 4 aliphatic carbocycles. The van der Waals surface area contributed by atoms with Crippen LogP contribution in [0.4, 0.5) is 0 Å². The largest absolute Gasteiger partial charge is 0.299 e. The summed E-state index contributed by atoms with van der Waals surface area (Å²) >= 11 is 0. The lowest BCUT2D eigenvalue weighted by atomic mass is 9.47. The van der Waals surface area contributed by atoms with Gasteiger partial charge in [-0.3, -0.25) is 9.59 Å². The van der Waals surface area contributed by atoms with Crippen LogP contribution in [0.5, 0.6) is 0 Å². The van der Waals surface area contributed by atoms with Gasteiger partial charge in [-0.1, -0.05) is 27.7 Å². The van der Waals surface area contributed by atoms with E-state index in [1.165, 1.54) is 0 Å². The van der Waals surface area contributed by atoms with Crippen molar-refractivity contribution in [2.75, 3.05) is 0 Å². The average molecular weight is 234 g/mol. The highest BCUT2D eigenvalue weighted by atomic mass is 16.1. The lowest BCUT2D eigenvalue weighted by molar-refractivity contribution is -0.158. The molecule has 0 aromatic heterocycles. The summed E-state index contributed by atoms with van der Waals surface area (Å²) in [5.41, 5.74) is -0.501. The van der Waals surface area contributed by atoms with Gasteiger partial charge in [-0.15, -0.1) is 0 Å². The molecule has 4 saturated carbocycles. The fourth-order valence-electron chi connectivity index (χ4n) is 5.08. The third kappa shape index (κ3) is 1.12. The van der Waals surface area contributed by atoms with Gasteiger partial charge in [0.1, 0.15) is 11.6 Å². The van der Waals surface area contributed by atoms with Crippen molar-refractivity contribution in [1.29, 1.82) is 0 Å². The van der Waals surface area contributed by atoms with Gasteiger partial charge in [-0.25, -0.2) is 0 Å². The third-order valence-corrected chi connectivity index (χ3v) is 6.13. The predicted molar refractivity (Wildman–Crippen MR) is 65.4 cm³/mol. The molecular formula is C15H22O2. The van der Waals surface area contributed by atoms with Gasteiger partial charge >= 0.3 is 0 Å². The molecule has 2 heteroatoms. The molecule has 4 bridgehead atoms. The first-order valence-electron chi connectivity index (χ1n) is 6.88. The number of carbonyl (C=O) groups excluding carboxylic acids is 2. The van der Waals surface area contributed by atoms with Crippen molar-refractivity contribution in [3.8, 4) is 0 Å². The van der Waals surface area contributed by atoms with E-state index in [0.717, 1.165) is 12.8 Å². The smallest absolute Gasteiger partial charge is 0.142 e. The highest BCUT2D eigenvalue weighted by Gasteiger charge is 2.70. The van der Waals surface area contributed by atoms with E-state index in [2.05, 4.69) is 20.8 Å². The Morgan fingerprint density at radius 3 is 2.41 bits per heavy atom. The highest BCUT2D eigenvalue weighted by molar-refractivity contribution is 6.02. The van der Waals surface area contributed by atoms with Crippen LogP contribution in [0.3, 0.4) is 0 Å². The minimum absolute atomic E-state index is 0.154. The summed E-state index contributed by atoms with van der Waals surface area (Å²) in [4.78, 5) is 24.9. The first-order valence-corrected chi connectivity index (χ1v) is 6.88. The highest BCUT2D eigenvalue weighted by Crippen LogP contribution is 2.67. The van der Waals surface area contributed by atoms with Crippen molar-refractivity contribution in [1.82, 2.24) is 0 Å². The quantitative estimate of drug-likeness (QED) is 0.699. The molecule has 2 nitrogen and oxygen atoms in total. The van der Waals surface area contributed by atoms with E-state index in [0.29, 0.717) is 35.7 Å². The zero-order valence-electron chi connectivity index (χ0n) is 11.2. The molecule has 4 rings (SSSR count). The molecule has 0 aromatic rings. The molecule has 4 aliphatic rings. The maximum Gasteiger partial charge on any atom is 0.142 e. The number of Topliss-reactive ketones (excluding diaryl/α,β-unsaturated/α-hetero) is 2. The maximum atomic E-state index is 12.6. The molecule has 0 saturated heterocycles. The second-order valence-corrected chi connectivity index (χ2v) is 7.31. The molecule has 0 aromatic carbocycles. The van der Waals surface area contributed by atoms with Crippen LogP contribution in [-0.2, 0) is 9.59 Å². The second-order valence-electron chi connectivity index (χ2n) is 7.31.